The number of nitrogens with two attached hydrogens (primary N) is 1. The van der Waals surface area contributed by atoms with Gasteiger partial charge in [-0.3, -0.25) is 18.6 Å². The van der Waals surface area contributed by atoms with E-state index in [0.29, 0.717) is 6.42 Å². The summed E-state index contributed by atoms with van der Waals surface area (Å²) in [5, 5.41) is 0. The minimum Gasteiger partial charge on any atom is -0.462 e. The molecule has 2 unspecified atom stereocenters. The van der Waals surface area contributed by atoms with Gasteiger partial charge in [-0.1, -0.05) is 294 Å². The summed E-state index contributed by atoms with van der Waals surface area (Å²) in [5.41, 5.74) is 5.40. The summed E-state index contributed by atoms with van der Waals surface area (Å²) in [6.45, 7) is 3.51. The zero-order valence-electron chi connectivity index (χ0n) is 54.0. The molecule has 0 radical (unpaired) electrons. The first-order valence-corrected chi connectivity index (χ1v) is 35.5. The molecule has 0 aliphatic carbocycles. The fraction of sp³-hybridized carbons (Fsp3) is 0.627. The second kappa shape index (κ2) is 68.7. The number of allylic oxidation sites excluding steroid dienone is 26. The summed E-state index contributed by atoms with van der Waals surface area (Å²) < 4.78 is 33.2. The zero-order valence-corrected chi connectivity index (χ0v) is 54.9. The number of hydrogen-bond donors (Lipinski definition) is 2. The molecule has 9 nitrogen and oxygen atoms in total. The molecule has 0 aromatic carbocycles. The SMILES string of the molecule is CC/C=C\C/C=C\C/C=C\C/C=C\C/C=C\C/C=C\C/C=C\CCCCCCCCCCCC(=O)OC(COC(=O)CCCCCCCCCCCCCCCC/C=C\C/C=C\C/C=C\C/C=C\C/C=C\C/C=C\CC)COP(=O)(O)OCCN. The Bertz CT molecular complexity index is 1950. The largest absolute Gasteiger partial charge is 0.472 e. The van der Waals surface area contributed by atoms with Crippen LogP contribution in [-0.2, 0) is 32.7 Å². The van der Waals surface area contributed by atoms with Crippen molar-refractivity contribution < 1.29 is 37.6 Å². The Morgan fingerprint density at radius 2 is 0.612 bits per heavy atom. The van der Waals surface area contributed by atoms with Gasteiger partial charge in [-0.15, -0.1) is 0 Å². The van der Waals surface area contributed by atoms with Gasteiger partial charge < -0.3 is 20.1 Å². The molecule has 0 aliphatic heterocycles. The third-order valence-electron chi connectivity index (χ3n) is 13.9. The highest BCUT2D eigenvalue weighted by atomic mass is 31.2. The van der Waals surface area contributed by atoms with Gasteiger partial charge in [0.2, 0.25) is 0 Å². The smallest absolute Gasteiger partial charge is 0.462 e. The highest BCUT2D eigenvalue weighted by Crippen LogP contribution is 2.43. The number of unbranched alkanes of at least 4 members (excludes halogenated alkanes) is 23. The molecule has 0 fully saturated rings. The Kier molecular flexibility index (Phi) is 65.2. The van der Waals surface area contributed by atoms with Crippen molar-refractivity contribution in [1.29, 1.82) is 0 Å². The van der Waals surface area contributed by atoms with Crippen LogP contribution in [0, 0.1) is 0 Å². The third-order valence-corrected chi connectivity index (χ3v) is 14.9. The Morgan fingerprint density at radius 3 is 0.906 bits per heavy atom. The lowest BCUT2D eigenvalue weighted by atomic mass is 10.0. The molecular formula is C75H124NO8P. The van der Waals surface area contributed by atoms with Crippen LogP contribution >= 0.6 is 7.82 Å². The van der Waals surface area contributed by atoms with E-state index in [0.717, 1.165) is 128 Å². The minimum atomic E-state index is -4.41. The summed E-state index contributed by atoms with van der Waals surface area (Å²) in [5.74, 6) is -0.840. The molecule has 482 valence electrons. The van der Waals surface area contributed by atoms with E-state index in [2.05, 4.69) is 172 Å². The lowest BCUT2D eigenvalue weighted by molar-refractivity contribution is -0.161. The van der Waals surface area contributed by atoms with Crippen LogP contribution < -0.4 is 5.73 Å². The minimum absolute atomic E-state index is 0.0452. The molecule has 2 atom stereocenters. The predicted molar refractivity (Wildman–Crippen MR) is 366 cm³/mol. The van der Waals surface area contributed by atoms with Gasteiger partial charge in [-0.05, 0) is 122 Å². The van der Waals surface area contributed by atoms with E-state index in [1.54, 1.807) is 0 Å². The van der Waals surface area contributed by atoms with Gasteiger partial charge in [0, 0.05) is 19.4 Å². The molecule has 0 aromatic heterocycles. The molecule has 85 heavy (non-hydrogen) atoms. The number of phosphoric ester groups is 1. The summed E-state index contributed by atoms with van der Waals surface area (Å²) in [7, 11) is -4.41. The van der Waals surface area contributed by atoms with Crippen molar-refractivity contribution in [2.24, 2.45) is 5.73 Å². The second-order valence-corrected chi connectivity index (χ2v) is 23.4. The van der Waals surface area contributed by atoms with Gasteiger partial charge >= 0.3 is 19.8 Å². The fourth-order valence-corrected chi connectivity index (χ4v) is 9.74. The van der Waals surface area contributed by atoms with Gasteiger partial charge in [0.25, 0.3) is 0 Å². The average Bonchev–Trinajstić information content (AvgIpc) is 3.52. The van der Waals surface area contributed by atoms with Crippen molar-refractivity contribution >= 4 is 19.8 Å². The molecule has 0 amide bonds. The lowest BCUT2D eigenvalue weighted by Crippen LogP contribution is -2.29. The maximum atomic E-state index is 12.8. The molecule has 0 saturated carbocycles. The zero-order chi connectivity index (χ0) is 61.6. The summed E-state index contributed by atoms with van der Waals surface area (Å²) >= 11 is 0. The van der Waals surface area contributed by atoms with E-state index in [1.165, 1.54) is 109 Å². The maximum Gasteiger partial charge on any atom is 0.472 e. The quantitative estimate of drug-likeness (QED) is 0.0264. The number of carbonyl (C=O) groups is 2. The summed E-state index contributed by atoms with van der Waals surface area (Å²) in [6, 6.07) is 0. The number of rotatable bonds is 62. The van der Waals surface area contributed by atoms with Crippen LogP contribution in [0.2, 0.25) is 0 Å². The molecule has 0 spiro atoms. The molecule has 0 rings (SSSR count). The van der Waals surface area contributed by atoms with Gasteiger partial charge in [0.1, 0.15) is 6.61 Å². The third kappa shape index (κ3) is 68.6. The van der Waals surface area contributed by atoms with E-state index in [9.17, 15) is 19.0 Å². The number of ether oxygens (including phenoxy) is 2. The molecule has 3 N–H and O–H groups in total. The van der Waals surface area contributed by atoms with Gasteiger partial charge in [0.05, 0.1) is 13.2 Å². The Labute approximate surface area is 521 Å². The molecule has 0 heterocycles. The summed E-state index contributed by atoms with van der Waals surface area (Å²) in [4.78, 5) is 35.4. The van der Waals surface area contributed by atoms with Crippen molar-refractivity contribution in [2.75, 3.05) is 26.4 Å². The van der Waals surface area contributed by atoms with Crippen LogP contribution in [0.1, 0.15) is 271 Å². The second-order valence-electron chi connectivity index (χ2n) is 21.9. The van der Waals surface area contributed by atoms with Crippen molar-refractivity contribution in [2.45, 2.75) is 277 Å². The molecular weight excluding hydrogens is 1070 g/mol. The van der Waals surface area contributed by atoms with Crippen molar-refractivity contribution in [3.63, 3.8) is 0 Å². The molecule has 10 heteroatoms. The van der Waals surface area contributed by atoms with E-state index in [4.69, 9.17) is 24.3 Å². The molecule has 0 bridgehead atoms. The standard InChI is InChI=1S/C75H124NO8P/c1-3-5-7-9-11-13-15-17-19-21-23-25-27-29-31-33-35-36-38-39-41-43-45-47-49-51-53-55-57-59-61-63-65-67-74(77)81-71-73(72-83-85(79,80)82-70-69-76)84-75(78)68-66-64-62-60-58-56-54-52-50-48-46-44-42-40-37-34-32-30-28-26-24-22-20-18-16-14-12-10-8-6-4-2/h5-8,11-14,17-20,23-26,29-32,35-37,40,44,46,73H,3-4,9-10,15-16,21-22,27-28,33-34,38-39,41-43,45,47-72,76H2,1-2H3,(H,79,80)/b7-5-,8-6-,13-11-,14-12-,19-17-,20-18-,25-23-,26-24-,31-29-,32-30-,36-35-,40-37-,46-44-. The van der Waals surface area contributed by atoms with Crippen molar-refractivity contribution in [3.8, 4) is 0 Å². The van der Waals surface area contributed by atoms with E-state index in [-0.39, 0.29) is 38.6 Å². The van der Waals surface area contributed by atoms with Crippen molar-refractivity contribution in [1.82, 2.24) is 0 Å². The van der Waals surface area contributed by atoms with E-state index >= 15 is 0 Å². The van der Waals surface area contributed by atoms with E-state index < -0.39 is 26.5 Å². The van der Waals surface area contributed by atoms with Gasteiger partial charge in [-0.25, -0.2) is 4.57 Å². The number of carbonyl (C=O) groups excluding carboxylic acids is 2. The normalized spacial score (nSPS) is 14.0. The van der Waals surface area contributed by atoms with E-state index in [1.807, 2.05) is 0 Å². The van der Waals surface area contributed by atoms with Crippen LogP contribution in [0.3, 0.4) is 0 Å². The number of hydrogen-bond acceptors (Lipinski definition) is 8. The summed E-state index contributed by atoms with van der Waals surface area (Å²) in [6.07, 6.45) is 100. The molecule has 0 aromatic rings. The molecule has 0 aliphatic rings. The molecule has 0 saturated heterocycles. The van der Waals surface area contributed by atoms with Crippen LogP contribution in [0.4, 0.5) is 0 Å². The Morgan fingerprint density at radius 1 is 0.353 bits per heavy atom. The number of phosphoric acid groups is 1. The lowest BCUT2D eigenvalue weighted by Gasteiger charge is -2.19. The fourth-order valence-electron chi connectivity index (χ4n) is 8.97. The Hall–Kier alpha value is -4.37. The van der Waals surface area contributed by atoms with Gasteiger partial charge in [0.15, 0.2) is 6.10 Å². The van der Waals surface area contributed by atoms with Gasteiger partial charge in [-0.2, -0.15) is 0 Å². The van der Waals surface area contributed by atoms with Crippen LogP contribution in [0.5, 0.6) is 0 Å². The monoisotopic (exact) mass is 1200 g/mol. The topological polar surface area (TPSA) is 134 Å². The van der Waals surface area contributed by atoms with Crippen LogP contribution in [0.15, 0.2) is 158 Å². The predicted octanol–water partition coefficient (Wildman–Crippen LogP) is 22.4. The highest BCUT2D eigenvalue weighted by molar-refractivity contribution is 7.47. The van der Waals surface area contributed by atoms with Crippen molar-refractivity contribution in [3.05, 3.63) is 158 Å². The van der Waals surface area contributed by atoms with Crippen LogP contribution in [-0.4, -0.2) is 49.3 Å². The number of esters is 2. The Balaban J connectivity index is 3.96. The van der Waals surface area contributed by atoms with Crippen LogP contribution in [0.25, 0.3) is 0 Å². The average molecular weight is 1200 g/mol. The first-order chi connectivity index (χ1) is 41.8. The first-order valence-electron chi connectivity index (χ1n) is 34.0. The first kappa shape index (κ1) is 80.6. The highest BCUT2D eigenvalue weighted by Gasteiger charge is 2.26. The maximum absolute atomic E-state index is 12.8.